The highest BCUT2D eigenvalue weighted by molar-refractivity contribution is 8.15. The van der Waals surface area contributed by atoms with E-state index in [0.29, 0.717) is 5.04 Å². The molecule has 1 atom stereocenters. The van der Waals surface area contributed by atoms with Crippen LogP contribution < -0.4 is 9.47 Å². The zero-order valence-electron chi connectivity index (χ0n) is 15.3. The van der Waals surface area contributed by atoms with Crippen LogP contribution in [0.5, 0.6) is 11.6 Å². The molecule has 0 amide bonds. The molecule has 0 fully saturated rings. The first-order chi connectivity index (χ1) is 13.7. The van der Waals surface area contributed by atoms with Gasteiger partial charge < -0.3 is 14.3 Å². The lowest BCUT2D eigenvalue weighted by atomic mass is 10.1. The summed E-state index contributed by atoms with van der Waals surface area (Å²) >= 11 is 13.5. The Kier molecular flexibility index (Phi) is 6.55. The van der Waals surface area contributed by atoms with Crippen LogP contribution in [0.3, 0.4) is 0 Å². The van der Waals surface area contributed by atoms with E-state index in [4.69, 9.17) is 32.8 Å². The van der Waals surface area contributed by atoms with Gasteiger partial charge in [0.25, 0.3) is 0 Å². The fourth-order valence-electron chi connectivity index (χ4n) is 2.54. The number of halogens is 5. The van der Waals surface area contributed by atoms with E-state index in [1.54, 1.807) is 6.08 Å². The molecule has 1 aromatic heterocycles. The molecule has 1 aromatic carbocycles. The number of alkyl halides is 2. The molecule has 0 saturated carbocycles. The van der Waals surface area contributed by atoms with Crippen molar-refractivity contribution in [2.24, 2.45) is 12.2 Å². The van der Waals surface area contributed by atoms with Crippen LogP contribution in [0, 0.1) is 5.82 Å². The number of thioether (sulfide) groups is 1. The van der Waals surface area contributed by atoms with Gasteiger partial charge in [-0.05, 0) is 30.7 Å². The Hall–Kier alpha value is -2.04. The van der Waals surface area contributed by atoms with Gasteiger partial charge in [0.1, 0.15) is 34.4 Å². The van der Waals surface area contributed by atoms with Crippen LogP contribution in [0.1, 0.15) is 6.92 Å². The molecule has 0 spiro atoms. The van der Waals surface area contributed by atoms with Crippen LogP contribution in [0.2, 0.25) is 10.0 Å². The predicted octanol–water partition coefficient (Wildman–Crippen LogP) is 5.49. The van der Waals surface area contributed by atoms with Crippen molar-refractivity contribution in [2.45, 2.75) is 19.0 Å². The third-order valence-electron chi connectivity index (χ3n) is 3.78. The fourth-order valence-corrected chi connectivity index (χ4v) is 4.04. The lowest BCUT2D eigenvalue weighted by molar-refractivity contribution is -0.0552. The standard InChI is InChI=1S/C17H14Cl2F3N3O3S/c1-7-4-12(24-26-3)29-16(7)27-11-5-8(10(20)6-9(11)18)14-13(19)15(25(2)23-14)28-17(21)22/h4-6,16-17H,1-3H3. The van der Waals surface area contributed by atoms with Crippen LogP contribution in [-0.4, -0.2) is 34.0 Å². The largest absolute Gasteiger partial charge is 0.473 e. The second-order valence-corrected chi connectivity index (χ2v) is 7.67. The minimum atomic E-state index is -3.11. The number of hydrogen-bond acceptors (Lipinski definition) is 6. The summed E-state index contributed by atoms with van der Waals surface area (Å²) in [5, 5.41) is 8.19. The van der Waals surface area contributed by atoms with E-state index >= 15 is 0 Å². The average molecular weight is 468 g/mol. The first-order valence-corrected chi connectivity index (χ1v) is 9.64. The smallest absolute Gasteiger partial charge is 0.388 e. The van der Waals surface area contributed by atoms with Gasteiger partial charge >= 0.3 is 6.61 Å². The van der Waals surface area contributed by atoms with E-state index in [1.165, 1.54) is 32.0 Å². The number of rotatable bonds is 6. The Morgan fingerprint density at radius 1 is 1.31 bits per heavy atom. The van der Waals surface area contributed by atoms with Gasteiger partial charge in [-0.1, -0.05) is 40.1 Å². The number of aromatic nitrogens is 2. The summed E-state index contributed by atoms with van der Waals surface area (Å²) in [6.45, 7) is -1.28. The van der Waals surface area contributed by atoms with E-state index < -0.39 is 17.9 Å². The molecule has 0 N–H and O–H groups in total. The van der Waals surface area contributed by atoms with Gasteiger partial charge in [0.2, 0.25) is 5.88 Å². The molecule has 29 heavy (non-hydrogen) atoms. The molecule has 156 valence electrons. The Balaban J connectivity index is 1.95. The molecule has 0 aliphatic carbocycles. The van der Waals surface area contributed by atoms with Crippen molar-refractivity contribution in [1.29, 1.82) is 0 Å². The van der Waals surface area contributed by atoms with E-state index in [2.05, 4.69) is 15.0 Å². The Morgan fingerprint density at radius 3 is 2.69 bits per heavy atom. The third kappa shape index (κ3) is 4.59. The number of benzene rings is 1. The van der Waals surface area contributed by atoms with Crippen molar-refractivity contribution < 1.29 is 27.5 Å². The topological polar surface area (TPSA) is 57.9 Å². The van der Waals surface area contributed by atoms with Crippen molar-refractivity contribution in [3.8, 4) is 22.9 Å². The highest BCUT2D eigenvalue weighted by Crippen LogP contribution is 2.41. The number of oxime groups is 1. The monoisotopic (exact) mass is 467 g/mol. The molecule has 2 heterocycles. The number of hydrogen-bond donors (Lipinski definition) is 0. The van der Waals surface area contributed by atoms with Gasteiger partial charge in [0.15, 0.2) is 5.44 Å². The van der Waals surface area contributed by atoms with Crippen LogP contribution in [0.25, 0.3) is 11.3 Å². The van der Waals surface area contributed by atoms with Gasteiger partial charge in [-0.3, -0.25) is 0 Å². The van der Waals surface area contributed by atoms with Crippen LogP contribution in [0.15, 0.2) is 28.9 Å². The molecule has 1 aliphatic heterocycles. The quantitative estimate of drug-likeness (QED) is 0.525. The van der Waals surface area contributed by atoms with E-state index in [1.807, 2.05) is 6.92 Å². The molecule has 6 nitrogen and oxygen atoms in total. The van der Waals surface area contributed by atoms with E-state index in [-0.39, 0.29) is 32.9 Å². The third-order valence-corrected chi connectivity index (χ3v) is 5.53. The SMILES string of the molecule is CON=C1C=C(C)C(Oc2cc(-c3nn(C)c(OC(F)F)c3Cl)c(F)cc2Cl)S1. The molecular formula is C17H14Cl2F3N3O3S. The summed E-state index contributed by atoms with van der Waals surface area (Å²) in [6, 6.07) is 2.34. The molecule has 1 unspecified atom stereocenters. The Labute approximate surface area is 178 Å². The number of nitrogens with zero attached hydrogens (tertiary/aromatic N) is 3. The van der Waals surface area contributed by atoms with Gasteiger partial charge in [-0.25, -0.2) is 9.07 Å². The molecule has 0 radical (unpaired) electrons. The van der Waals surface area contributed by atoms with Crippen LogP contribution >= 0.6 is 35.0 Å². The minimum Gasteiger partial charge on any atom is -0.473 e. The van der Waals surface area contributed by atoms with Crippen molar-refractivity contribution in [2.75, 3.05) is 7.11 Å². The Bertz CT molecular complexity index is 998. The predicted molar refractivity (Wildman–Crippen MR) is 105 cm³/mol. The highest BCUT2D eigenvalue weighted by Gasteiger charge is 2.27. The highest BCUT2D eigenvalue weighted by atomic mass is 35.5. The van der Waals surface area contributed by atoms with Gasteiger partial charge in [0.05, 0.1) is 5.02 Å². The lowest BCUT2D eigenvalue weighted by Crippen LogP contribution is -2.11. The number of ether oxygens (including phenoxy) is 2. The summed E-state index contributed by atoms with van der Waals surface area (Å²) in [6.07, 6.45) is 1.78. The molecule has 2 aromatic rings. The molecule has 1 aliphatic rings. The maximum atomic E-state index is 14.6. The van der Waals surface area contributed by atoms with Crippen molar-refractivity contribution in [1.82, 2.24) is 9.78 Å². The number of aryl methyl sites for hydroxylation is 1. The van der Waals surface area contributed by atoms with Crippen LogP contribution in [0.4, 0.5) is 13.2 Å². The van der Waals surface area contributed by atoms with Gasteiger partial charge in [-0.2, -0.15) is 13.9 Å². The molecule has 12 heteroatoms. The summed E-state index contributed by atoms with van der Waals surface area (Å²) in [5.41, 5.74) is 0.217. The average Bonchev–Trinajstić information content (AvgIpc) is 3.11. The summed E-state index contributed by atoms with van der Waals surface area (Å²) in [4.78, 5) is 4.74. The molecule has 3 rings (SSSR count). The van der Waals surface area contributed by atoms with Crippen molar-refractivity contribution >= 4 is 40.0 Å². The van der Waals surface area contributed by atoms with E-state index in [0.717, 1.165) is 16.3 Å². The molecule has 0 bridgehead atoms. The van der Waals surface area contributed by atoms with Gasteiger partial charge in [-0.15, -0.1) is 0 Å². The van der Waals surface area contributed by atoms with Gasteiger partial charge in [0, 0.05) is 12.6 Å². The van der Waals surface area contributed by atoms with Crippen molar-refractivity contribution in [3.05, 3.63) is 39.6 Å². The fraction of sp³-hybridized carbons (Fsp3) is 0.294. The first kappa shape index (κ1) is 21.7. The van der Waals surface area contributed by atoms with E-state index in [9.17, 15) is 13.2 Å². The zero-order valence-corrected chi connectivity index (χ0v) is 17.6. The molecule has 0 saturated heterocycles. The second kappa shape index (κ2) is 8.76. The van der Waals surface area contributed by atoms with Crippen LogP contribution in [-0.2, 0) is 11.9 Å². The maximum Gasteiger partial charge on any atom is 0.388 e. The first-order valence-electron chi connectivity index (χ1n) is 8.00. The summed E-state index contributed by atoms with van der Waals surface area (Å²) < 4.78 is 50.9. The normalized spacial score (nSPS) is 17.8. The summed E-state index contributed by atoms with van der Waals surface area (Å²) in [5.74, 6) is -0.983. The zero-order chi connectivity index (χ0) is 21.3. The Morgan fingerprint density at radius 2 is 2.03 bits per heavy atom. The molecular weight excluding hydrogens is 454 g/mol. The second-order valence-electron chi connectivity index (χ2n) is 5.80. The van der Waals surface area contributed by atoms with Crippen molar-refractivity contribution in [3.63, 3.8) is 0 Å². The summed E-state index contributed by atoms with van der Waals surface area (Å²) in [7, 11) is 2.77. The minimum absolute atomic E-state index is 0.0212. The maximum absolute atomic E-state index is 14.6. The lowest BCUT2D eigenvalue weighted by Gasteiger charge is -2.16.